The number of aliphatic hydroxyl groups is 1. The molecule has 0 saturated carbocycles. The Morgan fingerprint density at radius 1 is 1.05 bits per heavy atom. The second-order valence-electron chi connectivity index (χ2n) is 16.8. The molecular weight excluding hydrogens is 813 g/mol. The number of aryl methyl sites for hydroxylation is 1. The number of rotatable bonds is 12. The lowest BCUT2D eigenvalue weighted by Crippen LogP contribution is -2.74. The van der Waals surface area contributed by atoms with Gasteiger partial charge >= 0.3 is 5.97 Å². The summed E-state index contributed by atoms with van der Waals surface area (Å²) in [6.45, 7) is 4.30. The number of likely N-dealkylation sites (N-methyl/N-ethyl adjacent to an activating group) is 1. The highest BCUT2D eigenvalue weighted by Crippen LogP contribution is 2.57. The summed E-state index contributed by atoms with van der Waals surface area (Å²) < 4.78 is 35.6. The maximum Gasteiger partial charge on any atom is 0.329 e. The van der Waals surface area contributed by atoms with Gasteiger partial charge in [-0.15, -0.1) is 0 Å². The van der Waals surface area contributed by atoms with E-state index >= 15 is 0 Å². The van der Waals surface area contributed by atoms with E-state index in [0.29, 0.717) is 23.7 Å². The molecule has 3 aromatic rings. The van der Waals surface area contributed by atoms with Gasteiger partial charge in [0.25, 0.3) is 0 Å². The SMILES string of the molecule is COCOc1c(OC)c(C)cc2c1[C@@H]1C3C[C@]4(O)C(=O)C(C)=C5OCOC5=C4[C@H](COC(=O)[C@@H](CSCC4c5ccccc5-c5ccccc54)NC(C)=O)N3[C@@H](C#N)[C@H](C2)N1C. The summed E-state index contributed by atoms with van der Waals surface area (Å²) in [5.41, 5.74) is 5.73. The summed E-state index contributed by atoms with van der Waals surface area (Å²) in [6, 6.07) is 16.9. The van der Waals surface area contributed by atoms with Crippen molar-refractivity contribution in [3.05, 3.63) is 105 Å². The Morgan fingerprint density at radius 3 is 2.40 bits per heavy atom. The maximum atomic E-state index is 14.5. The van der Waals surface area contributed by atoms with Gasteiger partial charge in [-0.05, 0) is 60.7 Å². The first kappa shape index (κ1) is 42.0. The van der Waals surface area contributed by atoms with Crippen molar-refractivity contribution < 1.29 is 47.9 Å². The highest BCUT2D eigenvalue weighted by molar-refractivity contribution is 7.99. The van der Waals surface area contributed by atoms with Crippen LogP contribution in [0, 0.1) is 18.3 Å². The molecule has 9 rings (SSSR count). The van der Waals surface area contributed by atoms with Crippen LogP contribution in [-0.2, 0) is 39.8 Å². The van der Waals surface area contributed by atoms with Gasteiger partial charge in [0.2, 0.25) is 12.7 Å². The number of nitriles is 1. The average molecular weight is 863 g/mol. The van der Waals surface area contributed by atoms with Crippen LogP contribution in [0.25, 0.3) is 11.1 Å². The summed E-state index contributed by atoms with van der Waals surface area (Å²) in [5, 5.41) is 26.8. The summed E-state index contributed by atoms with van der Waals surface area (Å²) in [6.07, 6.45) is 0.363. The predicted molar refractivity (Wildman–Crippen MR) is 228 cm³/mol. The van der Waals surface area contributed by atoms with Gasteiger partial charge in [0.1, 0.15) is 18.7 Å². The number of Topliss-reactive ketones (excluding diaryl/α,β-unsaturated/α-hetero) is 1. The average Bonchev–Trinajstić information content (AvgIpc) is 3.87. The molecule has 1 amide bonds. The van der Waals surface area contributed by atoms with Crippen LogP contribution in [-0.4, -0.2) is 121 Å². The fourth-order valence-electron chi connectivity index (χ4n) is 10.9. The quantitative estimate of drug-likeness (QED) is 0.190. The molecule has 2 bridgehead atoms. The molecule has 4 heterocycles. The smallest absolute Gasteiger partial charge is 0.329 e. The monoisotopic (exact) mass is 862 g/mol. The minimum Gasteiger partial charge on any atom is -0.493 e. The second-order valence-corrected chi connectivity index (χ2v) is 17.9. The molecule has 0 radical (unpaired) electrons. The summed E-state index contributed by atoms with van der Waals surface area (Å²) in [5.74, 6) is 0.795. The largest absolute Gasteiger partial charge is 0.493 e. The van der Waals surface area contributed by atoms with E-state index in [1.165, 1.54) is 36.3 Å². The lowest BCUT2D eigenvalue weighted by atomic mass is 9.65. The van der Waals surface area contributed by atoms with E-state index in [1.807, 2.05) is 49.2 Å². The number of esters is 1. The molecule has 3 saturated heterocycles. The van der Waals surface area contributed by atoms with Gasteiger partial charge in [-0.1, -0.05) is 54.6 Å². The highest BCUT2D eigenvalue weighted by atomic mass is 32.2. The van der Waals surface area contributed by atoms with Crippen molar-refractivity contribution in [3.63, 3.8) is 0 Å². The maximum absolute atomic E-state index is 14.5. The van der Waals surface area contributed by atoms with Gasteiger partial charge in [-0.25, -0.2) is 4.79 Å². The van der Waals surface area contributed by atoms with Crippen molar-refractivity contribution >= 4 is 29.4 Å². The molecule has 7 atom stereocenters. The Labute approximate surface area is 364 Å². The second kappa shape index (κ2) is 16.4. The standard InChI is InChI=1S/C47H50N4O10S/c1-24-15-27-16-34-36(18-48)51-35(40(50(34)4)38(27)43(41(24)57-6)59-22-56-5)17-47(55)39(44-42(60-23-61-44)25(2)45(47)53)37(51)19-58-46(54)33(49-26(3)52)21-62-20-32-30-13-9-7-11-28(30)29-12-8-10-14-31(29)32/h7-15,32-37,40,55H,16-17,19-23H2,1-6H3,(H,49,52)/t33-,34+,35?,36+,37+,40+,47-/m1/s1. The molecule has 6 aliphatic rings. The third-order valence-corrected chi connectivity index (χ3v) is 14.6. The molecular formula is C47H50N4O10S. The molecule has 1 unspecified atom stereocenters. The third kappa shape index (κ3) is 6.57. The molecule has 0 aromatic heterocycles. The summed E-state index contributed by atoms with van der Waals surface area (Å²) in [4.78, 5) is 45.5. The van der Waals surface area contributed by atoms with E-state index in [4.69, 9.17) is 28.4 Å². The first-order valence-electron chi connectivity index (χ1n) is 20.8. The fraction of sp³-hybridized carbons (Fsp3) is 0.447. The van der Waals surface area contributed by atoms with Gasteiger partial charge in [-0.3, -0.25) is 19.4 Å². The minimum atomic E-state index is -2.11. The Kier molecular flexibility index (Phi) is 11.1. The van der Waals surface area contributed by atoms with Crippen LogP contribution >= 0.6 is 11.8 Å². The van der Waals surface area contributed by atoms with Crippen LogP contribution in [0.5, 0.6) is 11.5 Å². The molecule has 15 heteroatoms. The van der Waals surface area contributed by atoms with Crippen LogP contribution in [0.1, 0.15) is 60.0 Å². The highest BCUT2D eigenvalue weighted by Gasteiger charge is 2.64. The van der Waals surface area contributed by atoms with E-state index in [9.17, 15) is 24.8 Å². The third-order valence-electron chi connectivity index (χ3n) is 13.5. The normalized spacial score (nSPS) is 26.4. The predicted octanol–water partition coefficient (Wildman–Crippen LogP) is 4.67. The van der Waals surface area contributed by atoms with Crippen LogP contribution in [0.3, 0.4) is 0 Å². The van der Waals surface area contributed by atoms with Gasteiger partial charge in [0.15, 0.2) is 41.2 Å². The Bertz CT molecular complexity index is 2420. The van der Waals surface area contributed by atoms with Gasteiger partial charge in [-0.2, -0.15) is 17.0 Å². The molecule has 2 N–H and O–H groups in total. The van der Waals surface area contributed by atoms with Crippen LogP contribution in [0.4, 0.5) is 0 Å². The zero-order valence-corrected chi connectivity index (χ0v) is 36.4. The molecule has 4 aliphatic heterocycles. The van der Waals surface area contributed by atoms with Gasteiger partial charge in [0, 0.05) is 66.7 Å². The first-order valence-corrected chi connectivity index (χ1v) is 22.0. The Balaban J connectivity index is 1.07. The number of nitrogens with one attached hydrogen (secondary N) is 1. The Hall–Kier alpha value is -5.37. The zero-order chi connectivity index (χ0) is 43.6. The molecule has 324 valence electrons. The van der Waals surface area contributed by atoms with Crippen LogP contribution in [0.2, 0.25) is 0 Å². The Morgan fingerprint density at radius 2 is 1.74 bits per heavy atom. The molecule has 62 heavy (non-hydrogen) atoms. The number of thioether (sulfide) groups is 1. The van der Waals surface area contributed by atoms with Crippen molar-refractivity contribution in [3.8, 4) is 28.7 Å². The van der Waals surface area contributed by atoms with Crippen molar-refractivity contribution in [2.75, 3.05) is 53.0 Å². The molecule has 2 aliphatic carbocycles. The number of hydrogen-bond acceptors (Lipinski definition) is 14. The van der Waals surface area contributed by atoms with E-state index in [0.717, 1.165) is 16.7 Å². The van der Waals surface area contributed by atoms with E-state index in [-0.39, 0.29) is 67.0 Å². The number of hydrogen-bond donors (Lipinski definition) is 2. The van der Waals surface area contributed by atoms with Crippen LogP contribution < -0.4 is 14.8 Å². The van der Waals surface area contributed by atoms with E-state index in [1.54, 1.807) is 25.8 Å². The molecule has 14 nitrogen and oxygen atoms in total. The summed E-state index contributed by atoms with van der Waals surface area (Å²) in [7, 11) is 5.05. The number of carbonyl (C=O) groups is 3. The van der Waals surface area contributed by atoms with E-state index < -0.39 is 53.5 Å². The van der Waals surface area contributed by atoms with Crippen molar-refractivity contribution in [2.24, 2.45) is 0 Å². The number of ether oxygens (including phenoxy) is 6. The molecule has 3 fully saturated rings. The molecule has 0 spiro atoms. The first-order chi connectivity index (χ1) is 29.9. The molecule has 3 aromatic carbocycles. The van der Waals surface area contributed by atoms with Crippen LogP contribution in [0.15, 0.2) is 77.3 Å². The number of benzene rings is 3. The number of piperidine rings is 1. The van der Waals surface area contributed by atoms with Gasteiger partial charge in [0.05, 0.1) is 25.3 Å². The summed E-state index contributed by atoms with van der Waals surface area (Å²) >= 11 is 1.54. The zero-order valence-electron chi connectivity index (χ0n) is 35.6. The van der Waals surface area contributed by atoms with Gasteiger partial charge < -0.3 is 38.8 Å². The topological polar surface area (TPSA) is 169 Å². The number of nitrogens with zero attached hydrogens (tertiary/aromatic N) is 3. The number of amides is 1. The fourth-order valence-corrected chi connectivity index (χ4v) is 12.1. The number of piperazine rings is 1. The minimum absolute atomic E-state index is 0.0579. The lowest BCUT2D eigenvalue weighted by Gasteiger charge is -2.62. The van der Waals surface area contributed by atoms with E-state index in [2.05, 4.69) is 40.6 Å². The van der Waals surface area contributed by atoms with Crippen molar-refractivity contribution in [1.82, 2.24) is 15.1 Å². The number of fused-ring (bicyclic) bond motifs is 11. The number of ketones is 1. The number of methoxy groups -OCH3 is 2. The van der Waals surface area contributed by atoms with Crippen molar-refractivity contribution in [2.45, 2.75) is 81.4 Å². The number of carbonyl (C=O) groups excluding carboxylic acids is 3. The van der Waals surface area contributed by atoms with Crippen molar-refractivity contribution in [1.29, 1.82) is 5.26 Å². The lowest BCUT2D eigenvalue weighted by molar-refractivity contribution is -0.160.